The quantitative estimate of drug-likeness (QED) is 0.529. The number of hydrogen-bond donors (Lipinski definition) is 2. The molecule has 3 aromatic rings. The predicted octanol–water partition coefficient (Wildman–Crippen LogP) is 3.43. The molecule has 0 heterocycles. The van der Waals surface area contributed by atoms with Crippen LogP contribution in [0.5, 0.6) is 0 Å². The number of sulfonamides is 1. The fourth-order valence-electron chi connectivity index (χ4n) is 2.61. The third-order valence-corrected chi connectivity index (χ3v) is 5.49. The Morgan fingerprint density at radius 2 is 1.45 bits per heavy atom. The fraction of sp³-hybridized carbons (Fsp3) is 0.136. The maximum Gasteiger partial charge on any atom is 0.261 e. The Labute approximate surface area is 170 Å². The van der Waals surface area contributed by atoms with Crippen LogP contribution in [0.2, 0.25) is 0 Å². The number of carbonyl (C=O) groups is 1. The van der Waals surface area contributed by atoms with Crippen molar-refractivity contribution in [1.82, 2.24) is 5.32 Å². The van der Waals surface area contributed by atoms with Gasteiger partial charge in [0.25, 0.3) is 15.9 Å². The normalized spacial score (nSPS) is 11.0. The summed E-state index contributed by atoms with van der Waals surface area (Å²) in [6.45, 7) is 1.27. The van der Waals surface area contributed by atoms with E-state index in [-0.39, 0.29) is 10.8 Å². The van der Waals surface area contributed by atoms with Crippen LogP contribution in [0.3, 0.4) is 0 Å². The van der Waals surface area contributed by atoms with Crippen LogP contribution in [0.25, 0.3) is 0 Å². The molecule has 0 aliphatic heterocycles. The number of carbonyl (C=O) groups excluding carboxylic acids is 1. The van der Waals surface area contributed by atoms with Gasteiger partial charge in [0.05, 0.1) is 18.1 Å². The summed E-state index contributed by atoms with van der Waals surface area (Å²) in [5.41, 5.74) is 1.90. The number of rotatable bonds is 9. The molecule has 6 nitrogen and oxygen atoms in total. The van der Waals surface area contributed by atoms with Crippen molar-refractivity contribution in [2.45, 2.75) is 11.5 Å². The van der Waals surface area contributed by atoms with Gasteiger partial charge >= 0.3 is 0 Å². The monoisotopic (exact) mass is 410 g/mol. The molecule has 29 heavy (non-hydrogen) atoms. The van der Waals surface area contributed by atoms with E-state index in [1.807, 2.05) is 30.3 Å². The molecule has 0 unspecified atom stereocenters. The van der Waals surface area contributed by atoms with Gasteiger partial charge in [-0.25, -0.2) is 8.42 Å². The van der Waals surface area contributed by atoms with E-state index >= 15 is 0 Å². The van der Waals surface area contributed by atoms with Crippen molar-refractivity contribution in [3.63, 3.8) is 0 Å². The van der Waals surface area contributed by atoms with Crippen LogP contribution in [-0.2, 0) is 21.4 Å². The molecule has 0 aliphatic rings. The second-order valence-electron chi connectivity index (χ2n) is 6.29. The average Bonchev–Trinajstić information content (AvgIpc) is 2.75. The van der Waals surface area contributed by atoms with Crippen molar-refractivity contribution in [1.29, 1.82) is 0 Å². The average molecular weight is 410 g/mol. The Balaban J connectivity index is 1.46. The smallest absolute Gasteiger partial charge is 0.261 e. The van der Waals surface area contributed by atoms with Crippen molar-refractivity contribution in [2.24, 2.45) is 0 Å². The van der Waals surface area contributed by atoms with Crippen molar-refractivity contribution in [3.8, 4) is 0 Å². The van der Waals surface area contributed by atoms with Gasteiger partial charge in [-0.2, -0.15) is 0 Å². The minimum Gasteiger partial charge on any atom is -0.375 e. The number of nitrogens with one attached hydrogen (secondary N) is 2. The Morgan fingerprint density at radius 3 is 2.10 bits per heavy atom. The summed E-state index contributed by atoms with van der Waals surface area (Å²) in [6, 6.07) is 24.2. The molecule has 0 saturated heterocycles. The summed E-state index contributed by atoms with van der Waals surface area (Å²) in [5, 5.41) is 2.78. The van der Waals surface area contributed by atoms with Crippen molar-refractivity contribution < 1.29 is 17.9 Å². The third kappa shape index (κ3) is 6.17. The Bertz CT molecular complexity index is 1020. The van der Waals surface area contributed by atoms with Crippen LogP contribution in [-0.4, -0.2) is 27.5 Å². The molecule has 0 saturated carbocycles. The number of ether oxygens (including phenoxy) is 1. The maximum absolute atomic E-state index is 12.3. The van der Waals surface area contributed by atoms with E-state index in [0.29, 0.717) is 31.0 Å². The lowest BCUT2D eigenvalue weighted by atomic mass is 10.2. The Morgan fingerprint density at radius 1 is 0.828 bits per heavy atom. The van der Waals surface area contributed by atoms with E-state index < -0.39 is 10.0 Å². The highest BCUT2D eigenvalue weighted by Gasteiger charge is 2.13. The van der Waals surface area contributed by atoms with Gasteiger partial charge in [-0.1, -0.05) is 48.5 Å². The standard InChI is InChI=1S/C22H22N2O4S/c25-22(23-15-16-28-17-18-7-3-1-4-8-18)19-11-13-20(14-12-19)24-29(26,27)21-9-5-2-6-10-21/h1-14,24H,15-17H2,(H,23,25). The van der Waals surface area contributed by atoms with Crippen molar-refractivity contribution >= 4 is 21.6 Å². The summed E-state index contributed by atoms with van der Waals surface area (Å²) in [6.07, 6.45) is 0. The first kappa shape index (κ1) is 20.6. The van der Waals surface area contributed by atoms with Gasteiger partial charge in [-0.3, -0.25) is 9.52 Å². The number of amides is 1. The van der Waals surface area contributed by atoms with Gasteiger partial charge < -0.3 is 10.1 Å². The number of anilines is 1. The fourth-order valence-corrected chi connectivity index (χ4v) is 3.69. The summed E-state index contributed by atoms with van der Waals surface area (Å²) >= 11 is 0. The molecular weight excluding hydrogens is 388 g/mol. The molecule has 3 rings (SSSR count). The lowest BCUT2D eigenvalue weighted by molar-refractivity contribution is 0.0901. The lowest BCUT2D eigenvalue weighted by Gasteiger charge is -2.09. The largest absolute Gasteiger partial charge is 0.375 e. The molecule has 2 N–H and O–H groups in total. The highest BCUT2D eigenvalue weighted by atomic mass is 32.2. The van der Waals surface area contributed by atoms with Crippen molar-refractivity contribution in [3.05, 3.63) is 96.1 Å². The van der Waals surface area contributed by atoms with Gasteiger partial charge in [-0.15, -0.1) is 0 Å². The van der Waals surface area contributed by atoms with Crippen molar-refractivity contribution in [2.75, 3.05) is 17.9 Å². The molecular formula is C22H22N2O4S. The second-order valence-corrected chi connectivity index (χ2v) is 7.97. The van der Waals surface area contributed by atoms with Gasteiger partial charge in [-0.05, 0) is 42.0 Å². The lowest BCUT2D eigenvalue weighted by Crippen LogP contribution is -2.27. The molecule has 0 atom stereocenters. The molecule has 150 valence electrons. The van der Waals surface area contributed by atoms with E-state index in [2.05, 4.69) is 10.0 Å². The molecule has 0 fully saturated rings. The summed E-state index contributed by atoms with van der Waals surface area (Å²) < 4.78 is 32.7. The molecule has 0 aliphatic carbocycles. The van der Waals surface area contributed by atoms with Gasteiger partial charge in [0.2, 0.25) is 0 Å². The van der Waals surface area contributed by atoms with Gasteiger partial charge in [0.15, 0.2) is 0 Å². The van der Waals surface area contributed by atoms with E-state index in [9.17, 15) is 13.2 Å². The Hall–Kier alpha value is -3.16. The SMILES string of the molecule is O=C(NCCOCc1ccccc1)c1ccc(NS(=O)(=O)c2ccccc2)cc1. The summed E-state index contributed by atoms with van der Waals surface area (Å²) in [7, 11) is -3.66. The highest BCUT2D eigenvalue weighted by molar-refractivity contribution is 7.92. The third-order valence-electron chi connectivity index (χ3n) is 4.10. The Kier molecular flexibility index (Phi) is 6.99. The zero-order chi connectivity index (χ0) is 20.5. The van der Waals surface area contributed by atoms with E-state index in [1.165, 1.54) is 12.1 Å². The van der Waals surface area contributed by atoms with E-state index in [4.69, 9.17) is 4.74 Å². The molecule has 0 radical (unpaired) electrons. The van der Waals surface area contributed by atoms with E-state index in [0.717, 1.165) is 5.56 Å². The molecule has 7 heteroatoms. The second kappa shape index (κ2) is 9.86. The number of benzene rings is 3. The summed E-state index contributed by atoms with van der Waals surface area (Å²) in [5.74, 6) is -0.245. The molecule has 0 aromatic heterocycles. The number of hydrogen-bond acceptors (Lipinski definition) is 4. The van der Waals surface area contributed by atoms with Crippen LogP contribution in [0.1, 0.15) is 15.9 Å². The maximum atomic E-state index is 12.3. The minimum absolute atomic E-state index is 0.178. The van der Waals surface area contributed by atoms with Crippen LogP contribution in [0.15, 0.2) is 89.8 Å². The molecule has 1 amide bonds. The topological polar surface area (TPSA) is 84.5 Å². The first-order chi connectivity index (χ1) is 14.0. The zero-order valence-corrected chi connectivity index (χ0v) is 16.6. The van der Waals surface area contributed by atoms with Gasteiger partial charge in [0.1, 0.15) is 0 Å². The van der Waals surface area contributed by atoms with Crippen LogP contribution >= 0.6 is 0 Å². The highest BCUT2D eigenvalue weighted by Crippen LogP contribution is 2.16. The molecule has 3 aromatic carbocycles. The van der Waals surface area contributed by atoms with Gasteiger partial charge in [0, 0.05) is 17.8 Å². The zero-order valence-electron chi connectivity index (χ0n) is 15.7. The molecule has 0 bridgehead atoms. The van der Waals surface area contributed by atoms with Crippen LogP contribution < -0.4 is 10.0 Å². The minimum atomic E-state index is -3.66. The predicted molar refractivity (Wildman–Crippen MR) is 112 cm³/mol. The van der Waals surface area contributed by atoms with Crippen LogP contribution in [0, 0.1) is 0 Å². The first-order valence-corrected chi connectivity index (χ1v) is 10.6. The molecule has 0 spiro atoms. The van der Waals surface area contributed by atoms with Crippen LogP contribution in [0.4, 0.5) is 5.69 Å². The summed E-state index contributed by atoms with van der Waals surface area (Å²) in [4.78, 5) is 12.4. The van der Waals surface area contributed by atoms with E-state index in [1.54, 1.807) is 42.5 Å². The first-order valence-electron chi connectivity index (χ1n) is 9.12.